The first kappa shape index (κ1) is 16.4. The number of hydrogen-bond donors (Lipinski definition) is 1. The molecule has 0 bridgehead atoms. The lowest BCUT2D eigenvalue weighted by molar-refractivity contribution is 0.0979. The number of benzene rings is 1. The standard InChI is InChI=1S/C16H16N2O5S/c1-8-10(14(20)13-9(2)17-18(3)16(13)21)4-5-11-12(19)6-7-24(22,23)15(8)11/h4-5,17H,6-7H2,1-3H3. The zero-order chi connectivity index (χ0) is 17.8. The number of hydrogen-bond acceptors (Lipinski definition) is 5. The maximum absolute atomic E-state index is 12.8. The Hall–Kier alpha value is -2.48. The van der Waals surface area contributed by atoms with E-state index in [9.17, 15) is 22.8 Å². The number of H-pyrrole nitrogens is 1. The molecule has 0 saturated carbocycles. The summed E-state index contributed by atoms with van der Waals surface area (Å²) in [5.41, 5.74) is 0.353. The number of aryl methyl sites for hydroxylation is 2. The largest absolute Gasteiger partial charge is 0.299 e. The first-order chi connectivity index (χ1) is 11.1. The number of ketones is 2. The third-order valence-electron chi connectivity index (χ3n) is 4.32. The first-order valence-corrected chi connectivity index (χ1v) is 9.00. The van der Waals surface area contributed by atoms with Gasteiger partial charge in [-0.1, -0.05) is 0 Å². The molecule has 0 atom stereocenters. The smallest absolute Gasteiger partial charge is 0.277 e. The predicted octanol–water partition coefficient (Wildman–Crippen LogP) is 0.921. The van der Waals surface area contributed by atoms with Crippen molar-refractivity contribution >= 4 is 21.4 Å². The highest BCUT2D eigenvalue weighted by Gasteiger charge is 2.33. The fourth-order valence-electron chi connectivity index (χ4n) is 3.11. The summed E-state index contributed by atoms with van der Waals surface area (Å²) in [4.78, 5) is 36.8. The van der Waals surface area contributed by atoms with Crippen molar-refractivity contribution < 1.29 is 18.0 Å². The third kappa shape index (κ3) is 2.25. The summed E-state index contributed by atoms with van der Waals surface area (Å²) in [6.45, 7) is 3.09. The Kier molecular flexibility index (Phi) is 3.60. The van der Waals surface area contributed by atoms with Crippen molar-refractivity contribution in [2.24, 2.45) is 7.05 Å². The fraction of sp³-hybridized carbons (Fsp3) is 0.312. The van der Waals surface area contributed by atoms with E-state index >= 15 is 0 Å². The number of carbonyl (C=O) groups is 2. The molecule has 1 N–H and O–H groups in total. The van der Waals surface area contributed by atoms with Crippen LogP contribution >= 0.6 is 0 Å². The molecular formula is C16H16N2O5S. The zero-order valence-electron chi connectivity index (χ0n) is 13.5. The van der Waals surface area contributed by atoms with Crippen molar-refractivity contribution in [1.29, 1.82) is 0 Å². The van der Waals surface area contributed by atoms with Crippen LogP contribution in [-0.4, -0.2) is 35.5 Å². The summed E-state index contributed by atoms with van der Waals surface area (Å²) in [5.74, 6) is -1.07. The van der Waals surface area contributed by atoms with Crippen LogP contribution in [0.1, 0.15) is 44.0 Å². The number of Topliss-reactive ketones (excluding diaryl/α,β-unsaturated/α-hetero) is 1. The number of sulfone groups is 1. The summed E-state index contributed by atoms with van der Waals surface area (Å²) in [6.07, 6.45) is -0.0560. The van der Waals surface area contributed by atoms with E-state index in [1.54, 1.807) is 6.92 Å². The number of nitrogens with zero attached hydrogens (tertiary/aromatic N) is 1. The van der Waals surface area contributed by atoms with Crippen LogP contribution in [0.25, 0.3) is 0 Å². The highest BCUT2D eigenvalue weighted by molar-refractivity contribution is 7.91. The minimum atomic E-state index is -3.62. The van der Waals surface area contributed by atoms with Gasteiger partial charge in [0.25, 0.3) is 5.56 Å². The van der Waals surface area contributed by atoms with Crippen molar-refractivity contribution in [3.63, 3.8) is 0 Å². The van der Waals surface area contributed by atoms with E-state index in [4.69, 9.17) is 0 Å². The maximum Gasteiger partial charge on any atom is 0.277 e. The van der Waals surface area contributed by atoms with Gasteiger partial charge in [0.15, 0.2) is 15.6 Å². The monoisotopic (exact) mass is 348 g/mol. The van der Waals surface area contributed by atoms with E-state index in [1.807, 2.05) is 0 Å². The number of aromatic amines is 1. The van der Waals surface area contributed by atoms with Crippen molar-refractivity contribution in [1.82, 2.24) is 9.78 Å². The highest BCUT2D eigenvalue weighted by Crippen LogP contribution is 2.31. The van der Waals surface area contributed by atoms with Crippen molar-refractivity contribution in [3.05, 3.63) is 50.4 Å². The predicted molar refractivity (Wildman–Crippen MR) is 86.4 cm³/mol. The fourth-order valence-corrected chi connectivity index (χ4v) is 4.86. The Morgan fingerprint density at radius 2 is 1.88 bits per heavy atom. The molecule has 3 rings (SSSR count). The number of rotatable bonds is 2. The molecule has 1 aromatic carbocycles. The van der Waals surface area contributed by atoms with Crippen LogP contribution in [0.5, 0.6) is 0 Å². The molecule has 0 aliphatic carbocycles. The van der Waals surface area contributed by atoms with Gasteiger partial charge in [-0.25, -0.2) is 8.42 Å². The van der Waals surface area contributed by atoms with Crippen molar-refractivity contribution in [3.8, 4) is 0 Å². The average Bonchev–Trinajstić information content (AvgIpc) is 2.75. The molecular weight excluding hydrogens is 332 g/mol. The van der Waals surface area contributed by atoms with Crippen molar-refractivity contribution in [2.75, 3.05) is 5.75 Å². The van der Waals surface area contributed by atoms with E-state index < -0.39 is 21.2 Å². The first-order valence-electron chi connectivity index (χ1n) is 7.35. The van der Waals surface area contributed by atoms with E-state index in [1.165, 1.54) is 30.8 Å². The molecule has 1 aromatic heterocycles. The number of carbonyl (C=O) groups excluding carboxylic acids is 2. The lowest BCUT2D eigenvalue weighted by Gasteiger charge is -2.19. The zero-order valence-corrected chi connectivity index (χ0v) is 14.3. The lowest BCUT2D eigenvalue weighted by atomic mass is 9.95. The van der Waals surface area contributed by atoms with E-state index in [-0.39, 0.29) is 45.1 Å². The summed E-state index contributed by atoms with van der Waals surface area (Å²) in [7, 11) is -2.13. The van der Waals surface area contributed by atoms with Gasteiger partial charge >= 0.3 is 0 Å². The van der Waals surface area contributed by atoms with Gasteiger partial charge in [-0.05, 0) is 31.5 Å². The molecule has 0 fully saturated rings. The van der Waals surface area contributed by atoms with Gasteiger partial charge in [0.2, 0.25) is 5.78 Å². The topological polar surface area (TPSA) is 106 Å². The quantitative estimate of drug-likeness (QED) is 0.812. The molecule has 126 valence electrons. The van der Waals surface area contributed by atoms with Gasteiger partial charge in [-0.3, -0.25) is 24.2 Å². The van der Waals surface area contributed by atoms with Gasteiger partial charge in [0, 0.05) is 30.3 Å². The number of nitrogens with one attached hydrogen (secondary N) is 1. The van der Waals surface area contributed by atoms with Gasteiger partial charge in [-0.15, -0.1) is 0 Å². The molecule has 0 saturated heterocycles. The minimum absolute atomic E-state index is 0.0277. The van der Waals surface area contributed by atoms with E-state index in [0.717, 1.165) is 0 Å². The molecule has 0 radical (unpaired) electrons. The molecule has 2 aromatic rings. The van der Waals surface area contributed by atoms with Gasteiger partial charge in [0.05, 0.1) is 10.6 Å². The second-order valence-electron chi connectivity index (χ2n) is 5.91. The van der Waals surface area contributed by atoms with Crippen LogP contribution in [0.4, 0.5) is 0 Å². The van der Waals surface area contributed by atoms with Crippen LogP contribution in [0.3, 0.4) is 0 Å². The lowest BCUT2D eigenvalue weighted by Crippen LogP contribution is -2.25. The molecule has 7 nitrogen and oxygen atoms in total. The number of aromatic nitrogens is 2. The molecule has 0 unspecified atom stereocenters. The van der Waals surface area contributed by atoms with Gasteiger partial charge in [-0.2, -0.15) is 0 Å². The normalized spacial score (nSPS) is 16.0. The average molecular weight is 348 g/mol. The Morgan fingerprint density at radius 3 is 2.46 bits per heavy atom. The van der Waals surface area contributed by atoms with Crippen LogP contribution in [0.2, 0.25) is 0 Å². The van der Waals surface area contributed by atoms with Crippen LogP contribution in [0.15, 0.2) is 21.8 Å². The molecule has 2 heterocycles. The van der Waals surface area contributed by atoms with Gasteiger partial charge in [0.1, 0.15) is 5.56 Å². The molecule has 8 heteroatoms. The van der Waals surface area contributed by atoms with Crippen LogP contribution < -0.4 is 5.56 Å². The van der Waals surface area contributed by atoms with E-state index in [0.29, 0.717) is 5.69 Å². The van der Waals surface area contributed by atoms with Crippen LogP contribution in [-0.2, 0) is 16.9 Å². The third-order valence-corrected chi connectivity index (χ3v) is 6.21. The second-order valence-corrected chi connectivity index (χ2v) is 7.96. The maximum atomic E-state index is 12.8. The molecule has 1 aliphatic heterocycles. The van der Waals surface area contributed by atoms with Crippen molar-refractivity contribution in [2.45, 2.75) is 25.2 Å². The van der Waals surface area contributed by atoms with E-state index in [2.05, 4.69) is 5.10 Å². The summed E-state index contributed by atoms with van der Waals surface area (Å²) >= 11 is 0. The second kappa shape index (κ2) is 5.27. The van der Waals surface area contributed by atoms with Crippen LogP contribution in [0, 0.1) is 13.8 Å². The SMILES string of the molecule is Cc1[nH]n(C)c(=O)c1C(=O)c1ccc2c(c1C)S(=O)(=O)CCC2=O. The Labute approximate surface area is 138 Å². The Balaban J connectivity index is 2.27. The molecule has 1 aliphatic rings. The molecule has 24 heavy (non-hydrogen) atoms. The summed E-state index contributed by atoms with van der Waals surface area (Å²) in [6, 6.07) is 2.78. The minimum Gasteiger partial charge on any atom is -0.299 e. The summed E-state index contributed by atoms with van der Waals surface area (Å²) < 4.78 is 25.9. The van der Waals surface area contributed by atoms with Gasteiger partial charge < -0.3 is 0 Å². The molecule has 0 amide bonds. The Morgan fingerprint density at radius 1 is 1.21 bits per heavy atom. The Bertz CT molecular complexity index is 1060. The molecule has 0 spiro atoms. The number of fused-ring (bicyclic) bond motifs is 1. The highest BCUT2D eigenvalue weighted by atomic mass is 32.2. The summed E-state index contributed by atoms with van der Waals surface area (Å²) in [5, 5.41) is 2.74.